The average molecular weight is 588 g/mol. The lowest BCUT2D eigenvalue weighted by atomic mass is 9.82. The summed E-state index contributed by atoms with van der Waals surface area (Å²) in [5.74, 6) is 1.64. The van der Waals surface area contributed by atoms with E-state index in [1.54, 1.807) is 19.2 Å². The van der Waals surface area contributed by atoms with Crippen molar-refractivity contribution in [2.75, 3.05) is 25.5 Å². The van der Waals surface area contributed by atoms with Gasteiger partial charge in [0.2, 0.25) is 0 Å². The molecule has 3 aromatic carbocycles. The summed E-state index contributed by atoms with van der Waals surface area (Å²) in [6, 6.07) is 13.3. The monoisotopic (exact) mass is 586 g/mol. The van der Waals surface area contributed by atoms with Crippen LogP contribution in [0, 0.1) is 0 Å². The van der Waals surface area contributed by atoms with Crippen LogP contribution in [0.3, 0.4) is 0 Å². The molecule has 3 aromatic rings. The average Bonchev–Trinajstić information content (AvgIpc) is 3.43. The van der Waals surface area contributed by atoms with E-state index in [0.717, 1.165) is 63.9 Å². The SMILES string of the molecule is COc1c(O)ccc2c1-c1ccc3c(c1C(=Cc1cccc(Br)c1C(=O)N1CCCC1)O2)C(C)=CC(C)(C)N3. The van der Waals surface area contributed by atoms with Gasteiger partial charge in [0.05, 0.1) is 23.8 Å². The van der Waals surface area contributed by atoms with E-state index in [9.17, 15) is 9.90 Å². The molecule has 0 saturated carbocycles. The summed E-state index contributed by atoms with van der Waals surface area (Å²) in [7, 11) is 1.55. The minimum absolute atomic E-state index is 0.0180. The van der Waals surface area contributed by atoms with Gasteiger partial charge < -0.3 is 24.8 Å². The summed E-state index contributed by atoms with van der Waals surface area (Å²) in [6.45, 7) is 7.92. The third-order valence-corrected chi connectivity index (χ3v) is 8.27. The van der Waals surface area contributed by atoms with Crippen LogP contribution in [0.1, 0.15) is 60.7 Å². The molecular weight excluding hydrogens is 556 g/mol. The van der Waals surface area contributed by atoms with Crippen molar-refractivity contribution in [2.24, 2.45) is 0 Å². The number of ether oxygens (including phenoxy) is 2. The van der Waals surface area contributed by atoms with Crippen molar-refractivity contribution in [3.63, 3.8) is 0 Å². The summed E-state index contributed by atoms with van der Waals surface area (Å²) >= 11 is 3.65. The Morgan fingerprint density at radius 2 is 1.87 bits per heavy atom. The van der Waals surface area contributed by atoms with E-state index in [1.807, 2.05) is 35.2 Å². The number of anilines is 1. The van der Waals surface area contributed by atoms with Gasteiger partial charge in [0.1, 0.15) is 11.5 Å². The molecule has 2 N–H and O–H groups in total. The van der Waals surface area contributed by atoms with E-state index in [1.165, 1.54) is 0 Å². The first kappa shape index (κ1) is 25.6. The van der Waals surface area contributed by atoms with Gasteiger partial charge in [0, 0.05) is 39.9 Å². The largest absolute Gasteiger partial charge is 0.504 e. The van der Waals surface area contributed by atoms with Gasteiger partial charge in [-0.25, -0.2) is 0 Å². The second-order valence-electron chi connectivity index (χ2n) is 10.9. The number of hydrogen-bond acceptors (Lipinski definition) is 5. The summed E-state index contributed by atoms with van der Waals surface area (Å²) in [4.78, 5) is 15.5. The standard InChI is InChI=1S/C32H31BrN2O4/c1-18-17-32(2,3)34-22-11-10-20-28(26(18)22)25(39-24-13-12-23(36)30(38-4)29(20)24)16-19-8-7-9-21(33)27(19)31(37)35-14-5-6-15-35/h7-13,16-17,34,36H,5-6,14-15H2,1-4H3. The van der Waals surface area contributed by atoms with Gasteiger partial charge in [-0.2, -0.15) is 0 Å². The molecule has 0 bridgehead atoms. The number of rotatable bonds is 3. The number of carbonyl (C=O) groups is 1. The molecule has 1 fully saturated rings. The van der Waals surface area contributed by atoms with Crippen LogP contribution >= 0.6 is 15.9 Å². The van der Waals surface area contributed by atoms with Crippen molar-refractivity contribution in [2.45, 2.75) is 39.2 Å². The number of phenols is 1. The maximum Gasteiger partial charge on any atom is 0.255 e. The first-order valence-corrected chi connectivity index (χ1v) is 14.0. The molecule has 0 atom stereocenters. The van der Waals surface area contributed by atoms with Crippen LogP contribution in [0.4, 0.5) is 5.69 Å². The second-order valence-corrected chi connectivity index (χ2v) is 11.7. The molecule has 3 aliphatic heterocycles. The number of carbonyl (C=O) groups excluding carboxylic acids is 1. The van der Waals surface area contributed by atoms with Crippen molar-refractivity contribution in [1.82, 2.24) is 4.90 Å². The Morgan fingerprint density at radius 1 is 1.10 bits per heavy atom. The normalized spacial score (nSPS) is 17.9. The fourth-order valence-corrected chi connectivity index (χ4v) is 6.61. The predicted molar refractivity (Wildman–Crippen MR) is 159 cm³/mol. The first-order chi connectivity index (χ1) is 18.7. The maximum atomic E-state index is 13.6. The van der Waals surface area contributed by atoms with Gasteiger partial charge in [0.15, 0.2) is 11.5 Å². The van der Waals surface area contributed by atoms with Gasteiger partial charge in [-0.3, -0.25) is 4.79 Å². The molecule has 1 amide bonds. The number of fused-ring (bicyclic) bond motifs is 5. The van der Waals surface area contributed by atoms with E-state index in [2.05, 4.69) is 54.2 Å². The molecule has 6 nitrogen and oxygen atoms in total. The number of benzene rings is 3. The molecule has 0 radical (unpaired) electrons. The molecule has 6 rings (SSSR count). The highest BCUT2D eigenvalue weighted by atomic mass is 79.9. The molecule has 0 aliphatic carbocycles. The topological polar surface area (TPSA) is 71.0 Å². The minimum atomic E-state index is -0.210. The third-order valence-electron chi connectivity index (χ3n) is 7.61. The van der Waals surface area contributed by atoms with E-state index in [-0.39, 0.29) is 17.2 Å². The van der Waals surface area contributed by atoms with E-state index in [4.69, 9.17) is 9.47 Å². The van der Waals surface area contributed by atoms with Crippen LogP contribution in [-0.2, 0) is 0 Å². The van der Waals surface area contributed by atoms with E-state index >= 15 is 0 Å². The van der Waals surface area contributed by atoms with Crippen LogP contribution in [0.15, 0.2) is 53.0 Å². The molecule has 1 saturated heterocycles. The molecule has 3 heterocycles. The molecule has 200 valence electrons. The molecule has 0 aromatic heterocycles. The van der Waals surface area contributed by atoms with Crippen LogP contribution in [0.2, 0.25) is 0 Å². The lowest BCUT2D eigenvalue weighted by Crippen LogP contribution is -2.32. The van der Waals surface area contributed by atoms with Gasteiger partial charge >= 0.3 is 0 Å². The number of nitrogens with zero attached hydrogens (tertiary/aromatic N) is 1. The number of likely N-dealkylation sites (tertiary alicyclic amines) is 1. The fourth-order valence-electron chi connectivity index (χ4n) is 6.06. The zero-order chi connectivity index (χ0) is 27.5. The summed E-state index contributed by atoms with van der Waals surface area (Å²) in [5.41, 5.74) is 6.82. The van der Waals surface area contributed by atoms with Crippen LogP contribution < -0.4 is 14.8 Å². The number of allylic oxidation sites excluding steroid dienone is 1. The third kappa shape index (κ3) is 4.29. The first-order valence-electron chi connectivity index (χ1n) is 13.2. The van der Waals surface area contributed by atoms with Crippen molar-refractivity contribution in [1.29, 1.82) is 0 Å². The highest BCUT2D eigenvalue weighted by molar-refractivity contribution is 9.10. The van der Waals surface area contributed by atoms with Crippen LogP contribution in [0.5, 0.6) is 17.2 Å². The Bertz CT molecular complexity index is 1580. The Balaban J connectivity index is 1.61. The molecular formula is C32H31BrN2O4. The van der Waals surface area contributed by atoms with Crippen molar-refractivity contribution >= 4 is 44.9 Å². The van der Waals surface area contributed by atoms with Crippen LogP contribution in [-0.4, -0.2) is 41.7 Å². The smallest absolute Gasteiger partial charge is 0.255 e. The number of methoxy groups -OCH3 is 1. The Labute approximate surface area is 237 Å². The van der Waals surface area contributed by atoms with Crippen LogP contribution in [0.25, 0.3) is 28.5 Å². The summed E-state index contributed by atoms with van der Waals surface area (Å²) in [6.07, 6.45) is 6.22. The highest BCUT2D eigenvalue weighted by Crippen LogP contribution is 2.54. The molecule has 0 spiro atoms. The van der Waals surface area contributed by atoms with Gasteiger partial charge in [0.25, 0.3) is 5.91 Å². The highest BCUT2D eigenvalue weighted by Gasteiger charge is 2.34. The number of amides is 1. The fraction of sp³-hybridized carbons (Fsp3) is 0.281. The molecule has 7 heteroatoms. The van der Waals surface area contributed by atoms with E-state index < -0.39 is 0 Å². The Hall–Kier alpha value is -3.71. The number of hydrogen-bond donors (Lipinski definition) is 2. The van der Waals surface area contributed by atoms with Crippen molar-refractivity contribution in [3.05, 3.63) is 75.3 Å². The lowest BCUT2D eigenvalue weighted by molar-refractivity contribution is 0.0791. The van der Waals surface area contributed by atoms with E-state index in [0.29, 0.717) is 28.4 Å². The molecule has 0 unspecified atom stereocenters. The zero-order valence-electron chi connectivity index (χ0n) is 22.5. The summed E-state index contributed by atoms with van der Waals surface area (Å²) < 4.78 is 13.0. The number of halogens is 1. The van der Waals surface area contributed by atoms with Gasteiger partial charge in [-0.15, -0.1) is 0 Å². The van der Waals surface area contributed by atoms with Crippen molar-refractivity contribution < 1.29 is 19.4 Å². The quantitative estimate of drug-likeness (QED) is 0.331. The van der Waals surface area contributed by atoms with Gasteiger partial charge in [-0.1, -0.05) is 24.3 Å². The molecule has 39 heavy (non-hydrogen) atoms. The number of aromatic hydroxyl groups is 1. The minimum Gasteiger partial charge on any atom is -0.504 e. The summed E-state index contributed by atoms with van der Waals surface area (Å²) in [5, 5.41) is 14.3. The predicted octanol–water partition coefficient (Wildman–Crippen LogP) is 7.56. The number of phenolic OH excluding ortho intramolecular Hbond substituents is 1. The maximum absolute atomic E-state index is 13.6. The van der Waals surface area contributed by atoms with Crippen molar-refractivity contribution in [3.8, 4) is 28.4 Å². The lowest BCUT2D eigenvalue weighted by Gasteiger charge is -2.35. The molecule has 3 aliphatic rings. The Morgan fingerprint density at radius 3 is 2.62 bits per heavy atom. The number of nitrogens with one attached hydrogen (secondary N) is 1. The second kappa shape index (κ2) is 9.49. The zero-order valence-corrected chi connectivity index (χ0v) is 24.1. The Kier molecular flexibility index (Phi) is 6.22. The van der Waals surface area contributed by atoms with Gasteiger partial charge in [-0.05, 0) is 91.0 Å².